The summed E-state index contributed by atoms with van der Waals surface area (Å²) in [6.45, 7) is 0. The summed E-state index contributed by atoms with van der Waals surface area (Å²) in [6, 6.07) is 5.00. The van der Waals surface area contributed by atoms with Crippen LogP contribution in [0.1, 0.15) is 51.4 Å². The average Bonchev–Trinajstić information content (AvgIpc) is 2.72. The van der Waals surface area contributed by atoms with Gasteiger partial charge in [0.05, 0.1) is 4.92 Å². The SMILES string of the molecule is NC(=O)C12CC3CC(C1)C(NC(=O)C1(NS(=O)(=O)c4ccccc4[N+](=O)[O-])CCC1)C(C3)C2. The van der Waals surface area contributed by atoms with Crippen molar-refractivity contribution in [3.05, 3.63) is 34.4 Å². The first-order valence-electron chi connectivity index (χ1n) is 11.4. The highest BCUT2D eigenvalue weighted by Crippen LogP contribution is 2.60. The number of sulfonamides is 1. The topological polar surface area (TPSA) is 162 Å². The third-order valence-electron chi connectivity index (χ3n) is 8.42. The molecule has 2 unspecified atom stereocenters. The maximum absolute atomic E-state index is 13.4. The third kappa shape index (κ3) is 3.52. The zero-order valence-corrected chi connectivity index (χ0v) is 19.0. The number of carbonyl (C=O) groups excluding carboxylic acids is 2. The fourth-order valence-electron chi connectivity index (χ4n) is 6.90. The van der Waals surface area contributed by atoms with Gasteiger partial charge in [-0.05, 0) is 75.2 Å². The van der Waals surface area contributed by atoms with Crippen molar-refractivity contribution in [2.24, 2.45) is 28.9 Å². The molecule has 11 heteroatoms. The molecule has 5 saturated carbocycles. The number of para-hydroxylation sites is 1. The van der Waals surface area contributed by atoms with Gasteiger partial charge in [-0.3, -0.25) is 19.7 Å². The lowest BCUT2D eigenvalue weighted by molar-refractivity contribution is -0.387. The van der Waals surface area contributed by atoms with Crippen molar-refractivity contribution in [1.29, 1.82) is 0 Å². The number of primary amides is 1. The van der Waals surface area contributed by atoms with Crippen LogP contribution in [-0.2, 0) is 19.6 Å². The van der Waals surface area contributed by atoms with E-state index >= 15 is 0 Å². The predicted molar refractivity (Wildman–Crippen MR) is 117 cm³/mol. The number of nitrogens with two attached hydrogens (primary N) is 1. The minimum absolute atomic E-state index is 0.116. The molecule has 2 atom stereocenters. The molecule has 0 spiro atoms. The highest BCUT2D eigenvalue weighted by molar-refractivity contribution is 7.89. The summed E-state index contributed by atoms with van der Waals surface area (Å²) in [5, 5.41) is 14.5. The number of carbonyl (C=O) groups is 2. The van der Waals surface area contributed by atoms with E-state index in [4.69, 9.17) is 5.73 Å². The molecule has 1 aromatic carbocycles. The van der Waals surface area contributed by atoms with Crippen LogP contribution in [0.3, 0.4) is 0 Å². The van der Waals surface area contributed by atoms with E-state index in [1.807, 2.05) is 0 Å². The first kappa shape index (κ1) is 22.3. The Kier molecular flexibility index (Phi) is 5.06. The van der Waals surface area contributed by atoms with Crippen LogP contribution in [0.15, 0.2) is 29.2 Å². The molecule has 4 N–H and O–H groups in total. The van der Waals surface area contributed by atoms with Gasteiger partial charge in [-0.1, -0.05) is 12.1 Å². The molecule has 10 nitrogen and oxygen atoms in total. The van der Waals surface area contributed by atoms with Crippen LogP contribution in [0.25, 0.3) is 0 Å². The average molecular weight is 477 g/mol. The van der Waals surface area contributed by atoms with Crippen molar-refractivity contribution in [3.8, 4) is 0 Å². The number of amides is 2. The fourth-order valence-corrected chi connectivity index (χ4v) is 8.50. The van der Waals surface area contributed by atoms with Gasteiger partial charge in [-0.2, -0.15) is 4.72 Å². The second-order valence-electron chi connectivity index (χ2n) is 10.4. The van der Waals surface area contributed by atoms with Crippen LogP contribution in [0, 0.1) is 33.3 Å². The van der Waals surface area contributed by atoms with Crippen LogP contribution in [0.2, 0.25) is 0 Å². The van der Waals surface area contributed by atoms with Gasteiger partial charge in [0.2, 0.25) is 21.8 Å². The van der Waals surface area contributed by atoms with Crippen LogP contribution < -0.4 is 15.8 Å². The second kappa shape index (κ2) is 7.49. The van der Waals surface area contributed by atoms with Crippen LogP contribution in [0.5, 0.6) is 0 Å². The zero-order valence-electron chi connectivity index (χ0n) is 18.2. The first-order chi connectivity index (χ1) is 15.6. The Morgan fingerprint density at radius 3 is 2.27 bits per heavy atom. The Morgan fingerprint density at radius 2 is 1.73 bits per heavy atom. The lowest BCUT2D eigenvalue weighted by Crippen LogP contribution is -2.68. The molecule has 5 fully saturated rings. The van der Waals surface area contributed by atoms with Crippen LogP contribution >= 0.6 is 0 Å². The van der Waals surface area contributed by atoms with Crippen molar-refractivity contribution in [1.82, 2.24) is 10.0 Å². The molecule has 0 radical (unpaired) electrons. The second-order valence-corrected chi connectivity index (χ2v) is 12.0. The van der Waals surface area contributed by atoms with Gasteiger partial charge < -0.3 is 11.1 Å². The number of hydrogen-bond donors (Lipinski definition) is 3. The van der Waals surface area contributed by atoms with E-state index in [9.17, 15) is 28.1 Å². The van der Waals surface area contributed by atoms with E-state index < -0.39 is 36.5 Å². The Labute approximate surface area is 191 Å². The minimum atomic E-state index is -4.30. The molecule has 5 aliphatic rings. The number of nitro groups is 1. The maximum atomic E-state index is 13.4. The molecular weight excluding hydrogens is 448 g/mol. The Bertz CT molecular complexity index is 1120. The van der Waals surface area contributed by atoms with E-state index in [2.05, 4.69) is 10.0 Å². The standard InChI is InChI=1S/C22H28N4O6S/c23-19(27)21-10-13-8-14(11-21)18(15(9-13)12-21)24-20(28)22(6-3-7-22)25-33(31,32)17-5-2-1-4-16(17)26(29)30/h1-2,4-5,13-15,18,25H,3,6-12H2,(H2,23,27)(H,24,28). The summed E-state index contributed by atoms with van der Waals surface area (Å²) in [7, 11) is -4.30. The minimum Gasteiger partial charge on any atom is -0.369 e. The molecule has 0 heterocycles. The lowest BCUT2D eigenvalue weighted by atomic mass is 9.47. The van der Waals surface area contributed by atoms with Gasteiger partial charge in [-0.25, -0.2) is 8.42 Å². The molecular formula is C22H28N4O6S. The molecule has 6 rings (SSSR count). The summed E-state index contributed by atoms with van der Waals surface area (Å²) in [4.78, 5) is 35.7. The summed E-state index contributed by atoms with van der Waals surface area (Å²) >= 11 is 0. The quantitative estimate of drug-likeness (QED) is 0.400. The van der Waals surface area contributed by atoms with Crippen LogP contribution in [-0.4, -0.2) is 36.7 Å². The molecule has 0 aromatic heterocycles. The molecule has 1 aromatic rings. The van der Waals surface area contributed by atoms with Crippen LogP contribution in [0.4, 0.5) is 5.69 Å². The molecule has 0 saturated heterocycles. The smallest absolute Gasteiger partial charge is 0.289 e. The van der Waals surface area contributed by atoms with E-state index in [-0.39, 0.29) is 29.7 Å². The number of nitrogens with one attached hydrogen (secondary N) is 2. The highest BCUT2D eigenvalue weighted by atomic mass is 32.2. The van der Waals surface area contributed by atoms with Gasteiger partial charge in [0.15, 0.2) is 4.90 Å². The van der Waals surface area contributed by atoms with E-state index in [1.165, 1.54) is 18.2 Å². The van der Waals surface area contributed by atoms with Crippen molar-refractivity contribution in [2.75, 3.05) is 0 Å². The van der Waals surface area contributed by atoms with Crippen molar-refractivity contribution < 1.29 is 22.9 Å². The summed E-state index contributed by atoms with van der Waals surface area (Å²) in [6.07, 6.45) is 5.36. The fraction of sp³-hybridized carbons (Fsp3) is 0.636. The van der Waals surface area contributed by atoms with E-state index in [0.29, 0.717) is 38.0 Å². The third-order valence-corrected chi connectivity index (χ3v) is 10.0. The van der Waals surface area contributed by atoms with Gasteiger partial charge in [0.1, 0.15) is 5.54 Å². The molecule has 4 bridgehead atoms. The van der Waals surface area contributed by atoms with Crippen molar-refractivity contribution in [3.63, 3.8) is 0 Å². The van der Waals surface area contributed by atoms with Gasteiger partial charge in [0.25, 0.3) is 5.69 Å². The summed E-state index contributed by atoms with van der Waals surface area (Å²) < 4.78 is 28.7. The zero-order chi connectivity index (χ0) is 23.6. The number of benzene rings is 1. The van der Waals surface area contributed by atoms with Crippen molar-refractivity contribution in [2.45, 2.75) is 67.8 Å². The monoisotopic (exact) mass is 476 g/mol. The predicted octanol–water partition coefficient (Wildman–Crippen LogP) is 1.59. The van der Waals surface area contributed by atoms with E-state index in [1.54, 1.807) is 0 Å². The molecule has 178 valence electrons. The molecule has 2 amide bonds. The molecule has 5 aliphatic carbocycles. The number of hydrogen-bond acceptors (Lipinski definition) is 6. The maximum Gasteiger partial charge on any atom is 0.289 e. The number of rotatable bonds is 7. The van der Waals surface area contributed by atoms with Crippen molar-refractivity contribution >= 4 is 27.5 Å². The normalized spacial score (nSPS) is 33.8. The van der Waals surface area contributed by atoms with Gasteiger partial charge in [-0.15, -0.1) is 0 Å². The Balaban J connectivity index is 1.36. The van der Waals surface area contributed by atoms with Gasteiger partial charge in [0, 0.05) is 17.5 Å². The van der Waals surface area contributed by atoms with Gasteiger partial charge >= 0.3 is 0 Å². The Morgan fingerprint density at radius 1 is 1.09 bits per heavy atom. The summed E-state index contributed by atoms with van der Waals surface area (Å²) in [5.41, 5.74) is 3.42. The highest BCUT2D eigenvalue weighted by Gasteiger charge is 2.59. The lowest BCUT2D eigenvalue weighted by Gasteiger charge is -2.59. The summed E-state index contributed by atoms with van der Waals surface area (Å²) in [5.74, 6) is 0.104. The Hall–Kier alpha value is -2.53. The number of nitrogens with zero attached hydrogens (tertiary/aromatic N) is 1. The first-order valence-corrected chi connectivity index (χ1v) is 12.9. The molecule has 33 heavy (non-hydrogen) atoms. The molecule has 0 aliphatic heterocycles. The van der Waals surface area contributed by atoms with E-state index in [0.717, 1.165) is 25.3 Å². The number of nitro benzene ring substituents is 1. The largest absolute Gasteiger partial charge is 0.369 e.